The summed E-state index contributed by atoms with van der Waals surface area (Å²) in [5.74, 6) is 0.641. The molecule has 2 amide bonds. The number of piperazine rings is 1. The van der Waals surface area contributed by atoms with Gasteiger partial charge in [-0.2, -0.15) is 0 Å². The van der Waals surface area contributed by atoms with Crippen molar-refractivity contribution in [3.63, 3.8) is 0 Å². The second-order valence-electron chi connectivity index (χ2n) is 8.13. The first-order valence-corrected chi connectivity index (χ1v) is 10.6. The third-order valence-electron chi connectivity index (χ3n) is 6.10. The number of rotatable bonds is 7. The van der Waals surface area contributed by atoms with Crippen molar-refractivity contribution in [3.05, 3.63) is 35.9 Å². The van der Waals surface area contributed by atoms with Gasteiger partial charge < -0.3 is 10.2 Å². The molecule has 6 heteroatoms. The molecule has 2 heterocycles. The molecule has 2 fully saturated rings. The molecular formula is C22H34N4O2. The Morgan fingerprint density at radius 1 is 0.964 bits per heavy atom. The fraction of sp³-hybridized carbons (Fsp3) is 0.636. The van der Waals surface area contributed by atoms with Gasteiger partial charge in [-0.25, -0.2) is 0 Å². The SMILES string of the molecule is CC(CNC(=O)C(C)N1CCN(CC(=O)N2CCCC2)CC1)c1ccccc1. The van der Waals surface area contributed by atoms with Gasteiger partial charge in [-0.3, -0.25) is 19.4 Å². The lowest BCUT2D eigenvalue weighted by Gasteiger charge is -2.37. The smallest absolute Gasteiger partial charge is 0.237 e. The molecule has 1 N–H and O–H groups in total. The van der Waals surface area contributed by atoms with Gasteiger partial charge in [-0.05, 0) is 31.2 Å². The molecule has 2 atom stereocenters. The van der Waals surface area contributed by atoms with Gasteiger partial charge >= 0.3 is 0 Å². The van der Waals surface area contributed by atoms with Crippen LogP contribution in [-0.4, -0.2) is 84.9 Å². The van der Waals surface area contributed by atoms with E-state index in [-0.39, 0.29) is 17.9 Å². The summed E-state index contributed by atoms with van der Waals surface area (Å²) in [6.45, 7) is 10.5. The van der Waals surface area contributed by atoms with E-state index >= 15 is 0 Å². The van der Waals surface area contributed by atoms with E-state index in [1.165, 1.54) is 5.56 Å². The average Bonchev–Trinajstić information content (AvgIpc) is 3.27. The van der Waals surface area contributed by atoms with Gasteiger partial charge in [-0.15, -0.1) is 0 Å². The van der Waals surface area contributed by atoms with Crippen molar-refractivity contribution in [2.75, 3.05) is 52.4 Å². The maximum Gasteiger partial charge on any atom is 0.237 e. The number of hydrogen-bond donors (Lipinski definition) is 1. The van der Waals surface area contributed by atoms with E-state index in [0.29, 0.717) is 19.0 Å². The number of carbonyl (C=O) groups excluding carboxylic acids is 2. The zero-order valence-corrected chi connectivity index (χ0v) is 17.3. The van der Waals surface area contributed by atoms with Crippen LogP contribution in [-0.2, 0) is 9.59 Å². The highest BCUT2D eigenvalue weighted by Crippen LogP contribution is 2.14. The summed E-state index contributed by atoms with van der Waals surface area (Å²) in [7, 11) is 0. The van der Waals surface area contributed by atoms with Crippen LogP contribution in [0.15, 0.2) is 30.3 Å². The number of hydrogen-bond acceptors (Lipinski definition) is 4. The standard InChI is InChI=1S/C22H34N4O2/c1-18(20-8-4-3-5-9-20)16-23-22(28)19(2)25-14-12-24(13-15-25)17-21(27)26-10-6-7-11-26/h3-5,8-9,18-19H,6-7,10-17H2,1-2H3,(H,23,28). The summed E-state index contributed by atoms with van der Waals surface area (Å²) >= 11 is 0. The van der Waals surface area contributed by atoms with E-state index in [4.69, 9.17) is 0 Å². The Balaban J connectivity index is 1.38. The summed E-state index contributed by atoms with van der Waals surface area (Å²) in [4.78, 5) is 31.3. The molecular weight excluding hydrogens is 352 g/mol. The molecule has 2 saturated heterocycles. The Morgan fingerprint density at radius 2 is 1.61 bits per heavy atom. The second kappa shape index (κ2) is 10.0. The Kier molecular flexibility index (Phi) is 7.45. The average molecular weight is 387 g/mol. The molecule has 154 valence electrons. The van der Waals surface area contributed by atoms with Gasteiger partial charge in [0.05, 0.1) is 12.6 Å². The summed E-state index contributed by atoms with van der Waals surface area (Å²) in [5, 5.41) is 3.10. The van der Waals surface area contributed by atoms with Crippen LogP contribution in [0.3, 0.4) is 0 Å². The predicted molar refractivity (Wildman–Crippen MR) is 111 cm³/mol. The lowest BCUT2D eigenvalue weighted by Crippen LogP contribution is -2.55. The van der Waals surface area contributed by atoms with Crippen molar-refractivity contribution in [3.8, 4) is 0 Å². The quantitative estimate of drug-likeness (QED) is 0.772. The number of likely N-dealkylation sites (tertiary alicyclic amines) is 1. The van der Waals surface area contributed by atoms with Crippen molar-refractivity contribution in [1.29, 1.82) is 0 Å². The van der Waals surface area contributed by atoms with Crippen LogP contribution in [0.4, 0.5) is 0 Å². The fourth-order valence-corrected chi connectivity index (χ4v) is 4.03. The topological polar surface area (TPSA) is 55.9 Å². The lowest BCUT2D eigenvalue weighted by molar-refractivity contribution is -0.133. The number of amides is 2. The van der Waals surface area contributed by atoms with Crippen LogP contribution in [0.25, 0.3) is 0 Å². The number of benzene rings is 1. The van der Waals surface area contributed by atoms with E-state index < -0.39 is 0 Å². The minimum Gasteiger partial charge on any atom is -0.354 e. The van der Waals surface area contributed by atoms with Crippen LogP contribution < -0.4 is 5.32 Å². The Hall–Kier alpha value is -1.92. The molecule has 28 heavy (non-hydrogen) atoms. The van der Waals surface area contributed by atoms with E-state index in [1.54, 1.807) is 0 Å². The van der Waals surface area contributed by atoms with Gasteiger partial charge in [-0.1, -0.05) is 37.3 Å². The molecule has 3 rings (SSSR count). The summed E-state index contributed by atoms with van der Waals surface area (Å²) < 4.78 is 0. The highest BCUT2D eigenvalue weighted by molar-refractivity contribution is 5.81. The molecule has 2 aliphatic rings. The largest absolute Gasteiger partial charge is 0.354 e. The molecule has 1 aromatic rings. The molecule has 2 unspecified atom stereocenters. The predicted octanol–water partition coefficient (Wildman–Crippen LogP) is 1.53. The van der Waals surface area contributed by atoms with Crippen LogP contribution >= 0.6 is 0 Å². The molecule has 0 aromatic heterocycles. The lowest BCUT2D eigenvalue weighted by atomic mass is 10.0. The maximum atomic E-state index is 12.6. The highest BCUT2D eigenvalue weighted by atomic mass is 16.2. The zero-order chi connectivity index (χ0) is 19.9. The highest BCUT2D eigenvalue weighted by Gasteiger charge is 2.27. The number of nitrogens with zero attached hydrogens (tertiary/aromatic N) is 3. The van der Waals surface area contributed by atoms with Gasteiger partial charge in [0.25, 0.3) is 0 Å². The summed E-state index contributed by atoms with van der Waals surface area (Å²) in [6.07, 6.45) is 2.27. The van der Waals surface area contributed by atoms with E-state index in [9.17, 15) is 9.59 Å². The third-order valence-corrected chi connectivity index (χ3v) is 6.10. The molecule has 0 spiro atoms. The normalized spacial score (nSPS) is 20.7. The molecule has 0 aliphatic carbocycles. The monoisotopic (exact) mass is 386 g/mol. The Morgan fingerprint density at radius 3 is 2.25 bits per heavy atom. The first kappa shape index (κ1) is 20.8. The van der Waals surface area contributed by atoms with Crippen molar-refractivity contribution < 1.29 is 9.59 Å². The third kappa shape index (κ3) is 5.55. The summed E-state index contributed by atoms with van der Waals surface area (Å²) in [5.41, 5.74) is 1.24. The molecule has 0 bridgehead atoms. The van der Waals surface area contributed by atoms with Crippen molar-refractivity contribution >= 4 is 11.8 Å². The first-order valence-electron chi connectivity index (χ1n) is 10.6. The number of carbonyl (C=O) groups is 2. The van der Waals surface area contributed by atoms with Crippen LogP contribution in [0.1, 0.15) is 38.2 Å². The number of nitrogens with one attached hydrogen (secondary N) is 1. The van der Waals surface area contributed by atoms with Crippen LogP contribution in [0.2, 0.25) is 0 Å². The van der Waals surface area contributed by atoms with Crippen molar-refractivity contribution in [1.82, 2.24) is 20.0 Å². The zero-order valence-electron chi connectivity index (χ0n) is 17.3. The van der Waals surface area contributed by atoms with E-state index in [0.717, 1.165) is 52.1 Å². The van der Waals surface area contributed by atoms with E-state index in [1.807, 2.05) is 30.0 Å². The Bertz CT molecular complexity index is 637. The second-order valence-corrected chi connectivity index (χ2v) is 8.13. The molecule has 1 aromatic carbocycles. The Labute approximate surface area is 168 Å². The fourth-order valence-electron chi connectivity index (χ4n) is 4.03. The summed E-state index contributed by atoms with van der Waals surface area (Å²) in [6, 6.07) is 10.1. The molecule has 0 saturated carbocycles. The van der Waals surface area contributed by atoms with Crippen molar-refractivity contribution in [2.24, 2.45) is 0 Å². The maximum absolute atomic E-state index is 12.6. The minimum absolute atomic E-state index is 0.0874. The van der Waals surface area contributed by atoms with Gasteiger partial charge in [0, 0.05) is 45.8 Å². The van der Waals surface area contributed by atoms with Gasteiger partial charge in [0.15, 0.2) is 0 Å². The molecule has 6 nitrogen and oxygen atoms in total. The van der Waals surface area contributed by atoms with E-state index in [2.05, 4.69) is 34.2 Å². The van der Waals surface area contributed by atoms with Gasteiger partial charge in [0.1, 0.15) is 0 Å². The van der Waals surface area contributed by atoms with Crippen molar-refractivity contribution in [2.45, 2.75) is 38.6 Å². The molecule has 0 radical (unpaired) electrons. The van der Waals surface area contributed by atoms with Crippen LogP contribution in [0.5, 0.6) is 0 Å². The minimum atomic E-state index is -0.139. The van der Waals surface area contributed by atoms with Crippen LogP contribution in [0, 0.1) is 0 Å². The van der Waals surface area contributed by atoms with Gasteiger partial charge in [0.2, 0.25) is 11.8 Å². The first-order chi connectivity index (χ1) is 13.5. The molecule has 2 aliphatic heterocycles.